The van der Waals surface area contributed by atoms with Crippen LogP contribution in [-0.4, -0.2) is 26.2 Å². The van der Waals surface area contributed by atoms with Gasteiger partial charge >= 0.3 is 0 Å². The zero-order valence-electron chi connectivity index (χ0n) is 17.7. The van der Waals surface area contributed by atoms with E-state index in [0.717, 1.165) is 41.3 Å². The van der Waals surface area contributed by atoms with Crippen LogP contribution in [0.25, 0.3) is 22.8 Å². The molecule has 32 heavy (non-hydrogen) atoms. The summed E-state index contributed by atoms with van der Waals surface area (Å²) in [6, 6.07) is 17.7. The van der Waals surface area contributed by atoms with Crippen LogP contribution in [0.1, 0.15) is 24.2 Å². The van der Waals surface area contributed by atoms with Crippen molar-refractivity contribution in [3.63, 3.8) is 0 Å². The van der Waals surface area contributed by atoms with Crippen molar-refractivity contribution in [3.8, 4) is 22.8 Å². The summed E-state index contributed by atoms with van der Waals surface area (Å²) in [7, 11) is 0. The number of nitrogens with zero attached hydrogens (tertiary/aromatic N) is 3. The first kappa shape index (κ1) is 20.6. The van der Waals surface area contributed by atoms with Crippen LogP contribution in [0.2, 0.25) is 0 Å². The molecule has 7 heteroatoms. The lowest BCUT2D eigenvalue weighted by Crippen LogP contribution is -2.14. The number of benzene rings is 2. The van der Waals surface area contributed by atoms with Gasteiger partial charge in [-0.1, -0.05) is 18.2 Å². The Labute approximate surface area is 191 Å². The lowest BCUT2D eigenvalue weighted by molar-refractivity contribution is -0.113. The molecule has 5 rings (SSSR count). The summed E-state index contributed by atoms with van der Waals surface area (Å²) in [5, 5.41) is 2.96. The van der Waals surface area contributed by atoms with Crippen molar-refractivity contribution >= 4 is 23.4 Å². The first-order valence-electron chi connectivity index (χ1n) is 10.8. The largest absolute Gasteiger partial charge is 0.444 e. The smallest absolute Gasteiger partial charge is 0.234 e. The van der Waals surface area contributed by atoms with Crippen molar-refractivity contribution in [3.05, 3.63) is 78.4 Å². The van der Waals surface area contributed by atoms with Crippen LogP contribution in [0.3, 0.4) is 0 Å². The molecule has 0 unspecified atom stereocenters. The summed E-state index contributed by atoms with van der Waals surface area (Å²) in [5.74, 6) is 2.55. The molecule has 2 aromatic carbocycles. The van der Waals surface area contributed by atoms with E-state index in [-0.39, 0.29) is 5.91 Å². The molecule has 162 valence electrons. The Hall–Kier alpha value is -3.32. The van der Waals surface area contributed by atoms with Crippen molar-refractivity contribution in [2.45, 2.75) is 31.6 Å². The van der Waals surface area contributed by atoms with Gasteiger partial charge in [0.1, 0.15) is 12.1 Å². The molecule has 1 amide bonds. The number of aromatic nitrogens is 3. The molecule has 0 aliphatic carbocycles. The van der Waals surface area contributed by atoms with Crippen LogP contribution in [0, 0.1) is 0 Å². The van der Waals surface area contributed by atoms with Crippen LogP contribution in [0.15, 0.2) is 71.5 Å². The highest BCUT2D eigenvalue weighted by molar-refractivity contribution is 7.99. The van der Waals surface area contributed by atoms with Gasteiger partial charge in [0.05, 0.1) is 11.4 Å². The molecule has 2 aromatic heterocycles. The van der Waals surface area contributed by atoms with Crippen LogP contribution >= 0.6 is 11.8 Å². The molecule has 6 nitrogen and oxygen atoms in total. The number of amides is 1. The first-order valence-corrected chi connectivity index (χ1v) is 11.9. The topological polar surface area (TPSA) is 73.0 Å². The quantitative estimate of drug-likeness (QED) is 0.412. The number of imidazole rings is 1. The highest BCUT2D eigenvalue weighted by Gasteiger charge is 2.15. The van der Waals surface area contributed by atoms with E-state index >= 15 is 0 Å². The van der Waals surface area contributed by atoms with Crippen LogP contribution in [0.4, 0.5) is 5.69 Å². The maximum Gasteiger partial charge on any atom is 0.234 e. The van der Waals surface area contributed by atoms with E-state index in [1.165, 1.54) is 30.3 Å². The Balaban J connectivity index is 1.12. The molecule has 0 radical (unpaired) electrons. The molecular formula is C25H24N4O2S. The second-order valence-corrected chi connectivity index (χ2v) is 8.80. The van der Waals surface area contributed by atoms with Gasteiger partial charge in [0.25, 0.3) is 0 Å². The third kappa shape index (κ3) is 4.62. The molecule has 0 atom stereocenters. The lowest BCUT2D eigenvalue weighted by atomic mass is 10.1. The van der Waals surface area contributed by atoms with Gasteiger partial charge in [-0.3, -0.25) is 4.79 Å². The maximum absolute atomic E-state index is 12.3. The molecule has 0 saturated heterocycles. The minimum absolute atomic E-state index is 0.0345. The standard InChI is InChI=1S/C25H24N4O2S/c30-23(17-32-16-21-15-31-25(28-21)19-6-2-1-3-7-19)27-20-11-9-18(10-12-20)24-26-14-22-8-4-5-13-29(22)24/h1-3,6-7,9-12,14-15H,4-5,8,13,16-17H2,(H,27,30). The molecule has 0 saturated carbocycles. The van der Waals surface area contributed by atoms with Gasteiger partial charge in [-0.2, -0.15) is 0 Å². The van der Waals surface area contributed by atoms with E-state index in [1.54, 1.807) is 6.26 Å². The molecule has 0 fully saturated rings. The second-order valence-electron chi connectivity index (χ2n) is 7.81. The Morgan fingerprint density at radius 3 is 2.75 bits per heavy atom. The fourth-order valence-electron chi connectivity index (χ4n) is 3.90. The summed E-state index contributed by atoms with van der Waals surface area (Å²) >= 11 is 1.51. The molecular weight excluding hydrogens is 420 g/mol. The van der Waals surface area contributed by atoms with E-state index in [0.29, 0.717) is 17.4 Å². The van der Waals surface area contributed by atoms with Gasteiger partial charge in [-0.25, -0.2) is 9.97 Å². The van der Waals surface area contributed by atoms with E-state index in [1.807, 2.05) is 60.8 Å². The maximum atomic E-state index is 12.3. The Kier molecular flexibility index (Phi) is 6.07. The normalized spacial score (nSPS) is 13.0. The van der Waals surface area contributed by atoms with Gasteiger partial charge in [-0.05, 0) is 55.7 Å². The predicted octanol–water partition coefficient (Wildman–Crippen LogP) is 5.41. The van der Waals surface area contributed by atoms with Crippen molar-refractivity contribution in [1.29, 1.82) is 0 Å². The third-order valence-electron chi connectivity index (χ3n) is 5.49. The van der Waals surface area contributed by atoms with Crippen LogP contribution in [-0.2, 0) is 23.5 Å². The fraction of sp³-hybridized carbons (Fsp3) is 0.240. The number of carbonyl (C=O) groups is 1. The summed E-state index contributed by atoms with van der Waals surface area (Å²) in [6.07, 6.45) is 7.17. The minimum atomic E-state index is -0.0345. The average Bonchev–Trinajstić information content (AvgIpc) is 3.48. The molecule has 1 N–H and O–H groups in total. The number of nitrogens with one attached hydrogen (secondary N) is 1. The summed E-state index contributed by atoms with van der Waals surface area (Å²) < 4.78 is 7.85. The van der Waals surface area contributed by atoms with Crippen molar-refractivity contribution in [1.82, 2.24) is 14.5 Å². The monoisotopic (exact) mass is 444 g/mol. The molecule has 4 aromatic rings. The molecule has 0 spiro atoms. The highest BCUT2D eigenvalue weighted by Crippen LogP contribution is 2.26. The third-order valence-corrected chi connectivity index (χ3v) is 6.45. The Morgan fingerprint density at radius 1 is 1.06 bits per heavy atom. The average molecular weight is 445 g/mol. The van der Waals surface area contributed by atoms with Gasteiger partial charge in [0.2, 0.25) is 11.8 Å². The zero-order valence-corrected chi connectivity index (χ0v) is 18.5. The van der Waals surface area contributed by atoms with Crippen molar-refractivity contribution in [2.75, 3.05) is 11.1 Å². The number of oxazole rings is 1. The van der Waals surface area contributed by atoms with Crippen molar-refractivity contribution in [2.24, 2.45) is 0 Å². The van der Waals surface area contributed by atoms with Gasteiger partial charge < -0.3 is 14.3 Å². The van der Waals surface area contributed by atoms with Gasteiger partial charge in [-0.15, -0.1) is 11.8 Å². The van der Waals surface area contributed by atoms with E-state index in [4.69, 9.17) is 4.42 Å². The number of rotatable bonds is 7. The summed E-state index contributed by atoms with van der Waals surface area (Å²) in [6.45, 7) is 1.03. The highest BCUT2D eigenvalue weighted by atomic mass is 32.2. The summed E-state index contributed by atoms with van der Waals surface area (Å²) in [5.41, 5.74) is 4.95. The zero-order chi connectivity index (χ0) is 21.8. The fourth-order valence-corrected chi connectivity index (χ4v) is 4.60. The van der Waals surface area contributed by atoms with E-state index in [9.17, 15) is 4.79 Å². The van der Waals surface area contributed by atoms with E-state index in [2.05, 4.69) is 19.9 Å². The number of thioether (sulfide) groups is 1. The van der Waals surface area contributed by atoms with Crippen LogP contribution < -0.4 is 5.32 Å². The number of hydrogen-bond donors (Lipinski definition) is 1. The number of carbonyl (C=O) groups excluding carboxylic acids is 1. The molecule has 3 heterocycles. The first-order chi connectivity index (χ1) is 15.8. The molecule has 0 bridgehead atoms. The minimum Gasteiger partial charge on any atom is -0.444 e. The second kappa shape index (κ2) is 9.44. The van der Waals surface area contributed by atoms with Gasteiger partial charge in [0.15, 0.2) is 0 Å². The molecule has 1 aliphatic heterocycles. The number of aryl methyl sites for hydroxylation is 1. The Bertz CT molecular complexity index is 1200. The molecule has 1 aliphatic rings. The lowest BCUT2D eigenvalue weighted by Gasteiger charge is -2.16. The SMILES string of the molecule is O=C(CSCc1coc(-c2ccccc2)n1)Nc1ccc(-c2ncc3n2CCCC3)cc1. The van der Waals surface area contributed by atoms with Crippen molar-refractivity contribution < 1.29 is 9.21 Å². The number of anilines is 1. The predicted molar refractivity (Wildman–Crippen MR) is 127 cm³/mol. The summed E-state index contributed by atoms with van der Waals surface area (Å²) in [4.78, 5) is 21.4. The number of fused-ring (bicyclic) bond motifs is 1. The number of hydrogen-bond acceptors (Lipinski definition) is 5. The van der Waals surface area contributed by atoms with Gasteiger partial charge in [0, 0.05) is 41.0 Å². The van der Waals surface area contributed by atoms with E-state index < -0.39 is 0 Å². The Morgan fingerprint density at radius 2 is 1.91 bits per heavy atom. The van der Waals surface area contributed by atoms with Crippen LogP contribution in [0.5, 0.6) is 0 Å².